The zero-order chi connectivity index (χ0) is 8.27. The molecule has 0 aliphatic heterocycles. The summed E-state index contributed by atoms with van der Waals surface area (Å²) in [6, 6.07) is 0. The first-order valence-electron chi connectivity index (χ1n) is 2.97. The van der Waals surface area contributed by atoms with E-state index in [-0.39, 0.29) is 5.56 Å². The Kier molecular flexibility index (Phi) is 2.00. The average molecular weight is 153 g/mol. The lowest BCUT2D eigenvalue weighted by molar-refractivity contribution is 0.0697. The first-order valence-corrected chi connectivity index (χ1v) is 2.97. The molecule has 1 rings (SSSR count). The van der Waals surface area contributed by atoms with E-state index in [1.54, 1.807) is 7.05 Å². The first kappa shape index (κ1) is 7.46. The van der Waals surface area contributed by atoms with Crippen molar-refractivity contribution in [3.8, 4) is 0 Å². The summed E-state index contributed by atoms with van der Waals surface area (Å²) in [5.74, 6) is -1.01. The van der Waals surface area contributed by atoms with E-state index in [9.17, 15) is 4.79 Å². The fraction of sp³-hybridized carbons (Fsp3) is 0.167. The SMILES string of the molecule is CNc1cnncc1C(=O)O. The molecule has 1 aromatic rings. The van der Waals surface area contributed by atoms with Gasteiger partial charge in [0.25, 0.3) is 0 Å². The van der Waals surface area contributed by atoms with Crippen LogP contribution in [-0.2, 0) is 0 Å². The number of carboxylic acid groups (broad SMARTS) is 1. The molecule has 11 heavy (non-hydrogen) atoms. The fourth-order valence-corrected chi connectivity index (χ4v) is 0.691. The van der Waals surface area contributed by atoms with Gasteiger partial charge in [-0.05, 0) is 0 Å². The molecular formula is C6H7N3O2. The maximum absolute atomic E-state index is 10.5. The van der Waals surface area contributed by atoms with Crippen LogP contribution >= 0.6 is 0 Å². The number of carbonyl (C=O) groups is 1. The van der Waals surface area contributed by atoms with Crippen molar-refractivity contribution in [1.82, 2.24) is 10.2 Å². The number of aromatic nitrogens is 2. The average Bonchev–Trinajstić information content (AvgIpc) is 2.04. The van der Waals surface area contributed by atoms with Gasteiger partial charge in [0.2, 0.25) is 0 Å². The first-order chi connectivity index (χ1) is 5.25. The molecule has 5 nitrogen and oxygen atoms in total. The second kappa shape index (κ2) is 2.96. The molecule has 0 saturated heterocycles. The van der Waals surface area contributed by atoms with Gasteiger partial charge in [-0.15, -0.1) is 0 Å². The molecule has 0 saturated carbocycles. The second-order valence-electron chi connectivity index (χ2n) is 1.87. The van der Waals surface area contributed by atoms with Gasteiger partial charge in [-0.25, -0.2) is 4.79 Å². The van der Waals surface area contributed by atoms with Crippen molar-refractivity contribution in [2.24, 2.45) is 0 Å². The van der Waals surface area contributed by atoms with E-state index in [0.717, 1.165) is 0 Å². The van der Waals surface area contributed by atoms with E-state index < -0.39 is 5.97 Å². The van der Waals surface area contributed by atoms with E-state index in [1.165, 1.54) is 12.4 Å². The van der Waals surface area contributed by atoms with Gasteiger partial charge in [0.05, 0.1) is 18.1 Å². The number of nitrogens with zero attached hydrogens (tertiary/aromatic N) is 2. The lowest BCUT2D eigenvalue weighted by Gasteiger charge is -2.00. The van der Waals surface area contributed by atoms with Crippen molar-refractivity contribution >= 4 is 11.7 Å². The fourth-order valence-electron chi connectivity index (χ4n) is 0.691. The van der Waals surface area contributed by atoms with Gasteiger partial charge in [0.15, 0.2) is 0 Å². The van der Waals surface area contributed by atoms with Gasteiger partial charge < -0.3 is 10.4 Å². The molecule has 5 heteroatoms. The number of rotatable bonds is 2. The van der Waals surface area contributed by atoms with Crippen LogP contribution in [-0.4, -0.2) is 28.3 Å². The van der Waals surface area contributed by atoms with Gasteiger partial charge in [0, 0.05) is 7.05 Å². The Labute approximate surface area is 63.1 Å². The Hall–Kier alpha value is -1.65. The highest BCUT2D eigenvalue weighted by molar-refractivity contribution is 5.93. The highest BCUT2D eigenvalue weighted by atomic mass is 16.4. The van der Waals surface area contributed by atoms with Crippen LogP contribution in [0.4, 0.5) is 5.69 Å². The van der Waals surface area contributed by atoms with Gasteiger partial charge in [-0.1, -0.05) is 0 Å². The molecular weight excluding hydrogens is 146 g/mol. The number of hydrogen-bond donors (Lipinski definition) is 2. The van der Waals surface area contributed by atoms with Crippen molar-refractivity contribution < 1.29 is 9.90 Å². The number of hydrogen-bond acceptors (Lipinski definition) is 4. The van der Waals surface area contributed by atoms with Crippen molar-refractivity contribution in [2.45, 2.75) is 0 Å². The molecule has 0 fully saturated rings. The van der Waals surface area contributed by atoms with Gasteiger partial charge in [-0.3, -0.25) is 0 Å². The molecule has 0 atom stereocenters. The highest BCUT2D eigenvalue weighted by Crippen LogP contribution is 2.09. The summed E-state index contributed by atoms with van der Waals surface area (Å²) in [5.41, 5.74) is 0.593. The van der Waals surface area contributed by atoms with Crippen LogP contribution in [0.15, 0.2) is 12.4 Å². The van der Waals surface area contributed by atoms with E-state index >= 15 is 0 Å². The molecule has 0 aliphatic rings. The zero-order valence-corrected chi connectivity index (χ0v) is 5.90. The predicted octanol–water partition coefficient (Wildman–Crippen LogP) is 0.216. The molecule has 0 aliphatic carbocycles. The molecule has 0 radical (unpaired) electrons. The molecule has 0 aromatic carbocycles. The Morgan fingerprint density at radius 3 is 2.64 bits per heavy atom. The third kappa shape index (κ3) is 1.43. The number of carboxylic acids is 1. The minimum absolute atomic E-state index is 0.127. The molecule has 0 bridgehead atoms. The molecule has 2 N–H and O–H groups in total. The summed E-state index contributed by atoms with van der Waals surface area (Å²) in [4.78, 5) is 10.5. The van der Waals surface area contributed by atoms with Crippen LogP contribution in [0.5, 0.6) is 0 Å². The minimum Gasteiger partial charge on any atom is -0.478 e. The Morgan fingerprint density at radius 2 is 2.18 bits per heavy atom. The monoisotopic (exact) mass is 153 g/mol. The molecule has 1 aromatic heterocycles. The third-order valence-electron chi connectivity index (χ3n) is 1.23. The third-order valence-corrected chi connectivity index (χ3v) is 1.23. The van der Waals surface area contributed by atoms with Crippen LogP contribution in [0, 0.1) is 0 Å². The maximum atomic E-state index is 10.5. The molecule has 0 unspecified atom stereocenters. The summed E-state index contributed by atoms with van der Waals surface area (Å²) in [5, 5.41) is 18.2. The van der Waals surface area contributed by atoms with Crippen LogP contribution in [0.2, 0.25) is 0 Å². The standard InChI is InChI=1S/C6H7N3O2/c1-7-5-3-9-8-2-4(5)6(10)11/h2-3H,1H3,(H,7,8)(H,10,11). The van der Waals surface area contributed by atoms with Gasteiger partial charge >= 0.3 is 5.97 Å². The van der Waals surface area contributed by atoms with Crippen LogP contribution in [0.25, 0.3) is 0 Å². The van der Waals surface area contributed by atoms with Gasteiger partial charge in [-0.2, -0.15) is 10.2 Å². The Balaban J connectivity index is 3.12. The summed E-state index contributed by atoms with van der Waals surface area (Å²) < 4.78 is 0. The summed E-state index contributed by atoms with van der Waals surface area (Å²) in [7, 11) is 1.63. The highest BCUT2D eigenvalue weighted by Gasteiger charge is 2.07. The van der Waals surface area contributed by atoms with Crippen LogP contribution in [0.1, 0.15) is 10.4 Å². The molecule has 1 heterocycles. The summed E-state index contributed by atoms with van der Waals surface area (Å²) in [6.07, 6.45) is 2.57. The quantitative estimate of drug-likeness (QED) is 0.635. The molecule has 0 spiro atoms. The lowest BCUT2D eigenvalue weighted by Crippen LogP contribution is -2.03. The minimum atomic E-state index is -1.01. The second-order valence-corrected chi connectivity index (χ2v) is 1.87. The maximum Gasteiger partial charge on any atom is 0.339 e. The Morgan fingerprint density at radius 1 is 1.55 bits per heavy atom. The van der Waals surface area contributed by atoms with Crippen molar-refractivity contribution in [3.05, 3.63) is 18.0 Å². The number of anilines is 1. The lowest BCUT2D eigenvalue weighted by atomic mass is 10.3. The van der Waals surface area contributed by atoms with Crippen molar-refractivity contribution in [2.75, 3.05) is 12.4 Å². The van der Waals surface area contributed by atoms with E-state index in [1.807, 2.05) is 0 Å². The number of aromatic carboxylic acids is 1. The van der Waals surface area contributed by atoms with Crippen molar-refractivity contribution in [1.29, 1.82) is 0 Å². The topological polar surface area (TPSA) is 75.1 Å². The largest absolute Gasteiger partial charge is 0.478 e. The predicted molar refractivity (Wildman–Crippen MR) is 38.5 cm³/mol. The normalized spacial score (nSPS) is 9.18. The van der Waals surface area contributed by atoms with Crippen LogP contribution < -0.4 is 5.32 Å². The van der Waals surface area contributed by atoms with E-state index in [2.05, 4.69) is 15.5 Å². The van der Waals surface area contributed by atoms with E-state index in [4.69, 9.17) is 5.11 Å². The smallest absolute Gasteiger partial charge is 0.339 e. The van der Waals surface area contributed by atoms with Gasteiger partial charge in [0.1, 0.15) is 5.56 Å². The summed E-state index contributed by atoms with van der Waals surface area (Å²) in [6.45, 7) is 0. The van der Waals surface area contributed by atoms with Crippen LogP contribution in [0.3, 0.4) is 0 Å². The molecule has 58 valence electrons. The van der Waals surface area contributed by atoms with Crippen molar-refractivity contribution in [3.63, 3.8) is 0 Å². The van der Waals surface area contributed by atoms with E-state index in [0.29, 0.717) is 5.69 Å². The zero-order valence-electron chi connectivity index (χ0n) is 5.90. The summed E-state index contributed by atoms with van der Waals surface area (Å²) >= 11 is 0. The number of nitrogens with one attached hydrogen (secondary N) is 1. The Bertz CT molecular complexity index is 274. The molecule has 0 amide bonds.